The summed E-state index contributed by atoms with van der Waals surface area (Å²) in [5, 5.41) is 20.1. The van der Waals surface area contributed by atoms with E-state index in [1.165, 1.54) is 12.7 Å². The first-order valence-electron chi connectivity index (χ1n) is 12.5. The molecular weight excluding hydrogens is 450 g/mol. The number of phenolic OH excluding ortho intramolecular Hbond substituents is 1. The maximum absolute atomic E-state index is 14.0. The van der Waals surface area contributed by atoms with Crippen LogP contribution in [-0.2, 0) is 11.3 Å². The number of anilines is 1. The average Bonchev–Trinajstić information content (AvgIpc) is 3.20. The molecule has 1 aliphatic heterocycles. The van der Waals surface area contributed by atoms with Gasteiger partial charge in [-0.15, -0.1) is 0 Å². The molecule has 2 N–H and O–H groups in total. The van der Waals surface area contributed by atoms with E-state index >= 15 is 0 Å². The van der Waals surface area contributed by atoms with Crippen molar-refractivity contribution in [3.63, 3.8) is 0 Å². The molecule has 3 aromatic rings. The molecule has 0 spiro atoms. The monoisotopic (exact) mass is 485 g/mol. The maximum atomic E-state index is 14.0. The van der Waals surface area contributed by atoms with Crippen molar-refractivity contribution < 1.29 is 14.6 Å². The summed E-state index contributed by atoms with van der Waals surface area (Å²) in [6.45, 7) is 6.55. The number of unbranched alkanes of at least 4 members (excludes halogenated alkanes) is 1. The number of hydrogen-bond acceptors (Lipinski definition) is 5. The normalized spacial score (nSPS) is 19.2. The van der Waals surface area contributed by atoms with Crippen molar-refractivity contribution in [3.8, 4) is 11.5 Å². The van der Waals surface area contributed by atoms with Gasteiger partial charge < -0.3 is 15.2 Å². The Morgan fingerprint density at radius 2 is 1.83 bits per heavy atom. The van der Waals surface area contributed by atoms with Crippen molar-refractivity contribution in [1.82, 2.24) is 5.32 Å². The standard InChI is InChI=1S/C30H35N3O3/c1-5-6-12-25-28(23-16-13-21(2)14-17-23)32-33(24-10-8-7-9-11-24)30(25,3)29(35)31-20-22-15-18-26(34)27(19-22)36-4/h7-11,13-19,25,34H,5-6,12,20H2,1-4H3,(H,31,35). The van der Waals surface area contributed by atoms with Gasteiger partial charge in [0.05, 0.1) is 18.5 Å². The van der Waals surface area contributed by atoms with Crippen LogP contribution in [0.2, 0.25) is 0 Å². The van der Waals surface area contributed by atoms with Gasteiger partial charge in [-0.1, -0.05) is 73.9 Å². The van der Waals surface area contributed by atoms with Crippen LogP contribution in [0.1, 0.15) is 49.8 Å². The molecule has 0 bridgehead atoms. The van der Waals surface area contributed by atoms with Crippen molar-refractivity contribution in [1.29, 1.82) is 0 Å². The topological polar surface area (TPSA) is 74.2 Å². The molecule has 3 aromatic carbocycles. The number of rotatable bonds is 9. The third-order valence-electron chi connectivity index (χ3n) is 7.01. The van der Waals surface area contributed by atoms with Gasteiger partial charge >= 0.3 is 0 Å². The number of methoxy groups -OCH3 is 1. The zero-order chi connectivity index (χ0) is 25.7. The summed E-state index contributed by atoms with van der Waals surface area (Å²) in [4.78, 5) is 14.0. The minimum atomic E-state index is -0.919. The smallest absolute Gasteiger partial charge is 0.248 e. The zero-order valence-electron chi connectivity index (χ0n) is 21.5. The Labute approximate surface area is 213 Å². The second-order valence-electron chi connectivity index (χ2n) is 9.53. The molecule has 0 fully saturated rings. The number of phenols is 1. The molecule has 0 aromatic heterocycles. The van der Waals surface area contributed by atoms with Crippen LogP contribution in [0.3, 0.4) is 0 Å². The minimum absolute atomic E-state index is 0.0707. The van der Waals surface area contributed by atoms with Crippen LogP contribution in [0.15, 0.2) is 77.9 Å². The van der Waals surface area contributed by atoms with Gasteiger partial charge in [0, 0.05) is 12.5 Å². The van der Waals surface area contributed by atoms with Crippen LogP contribution in [0, 0.1) is 12.8 Å². The summed E-state index contributed by atoms with van der Waals surface area (Å²) in [6, 6.07) is 23.4. The van der Waals surface area contributed by atoms with E-state index in [1.807, 2.05) is 42.3 Å². The van der Waals surface area contributed by atoms with Crippen LogP contribution in [0.4, 0.5) is 5.69 Å². The van der Waals surface area contributed by atoms with E-state index in [2.05, 4.69) is 43.4 Å². The highest BCUT2D eigenvalue weighted by molar-refractivity contribution is 6.10. The molecule has 36 heavy (non-hydrogen) atoms. The molecule has 6 heteroatoms. The number of amides is 1. The van der Waals surface area contributed by atoms with E-state index in [4.69, 9.17) is 9.84 Å². The van der Waals surface area contributed by atoms with E-state index in [-0.39, 0.29) is 17.6 Å². The molecule has 1 aliphatic rings. The highest BCUT2D eigenvalue weighted by atomic mass is 16.5. The maximum Gasteiger partial charge on any atom is 0.248 e. The Morgan fingerprint density at radius 1 is 1.11 bits per heavy atom. The number of carbonyl (C=O) groups is 1. The van der Waals surface area contributed by atoms with Crippen LogP contribution in [-0.4, -0.2) is 29.4 Å². The average molecular weight is 486 g/mol. The molecule has 0 aliphatic carbocycles. The molecule has 4 rings (SSSR count). The minimum Gasteiger partial charge on any atom is -0.504 e. The molecule has 1 amide bonds. The predicted molar refractivity (Wildman–Crippen MR) is 145 cm³/mol. The Bertz CT molecular complexity index is 1220. The first-order chi connectivity index (χ1) is 17.4. The van der Waals surface area contributed by atoms with Crippen molar-refractivity contribution >= 4 is 17.3 Å². The van der Waals surface area contributed by atoms with E-state index in [1.54, 1.807) is 18.2 Å². The number of nitrogens with zero attached hydrogens (tertiary/aromatic N) is 2. The second-order valence-corrected chi connectivity index (χ2v) is 9.53. The fraction of sp³-hybridized carbons (Fsp3) is 0.333. The summed E-state index contributed by atoms with van der Waals surface area (Å²) in [5.41, 5.74) is 3.98. The van der Waals surface area contributed by atoms with Crippen LogP contribution in [0.25, 0.3) is 0 Å². The van der Waals surface area contributed by atoms with Gasteiger partial charge in [0.2, 0.25) is 5.91 Å². The Balaban J connectivity index is 1.71. The highest BCUT2D eigenvalue weighted by Crippen LogP contribution is 2.42. The number of para-hydroxylation sites is 1. The van der Waals surface area contributed by atoms with Gasteiger partial charge in [0.25, 0.3) is 0 Å². The van der Waals surface area contributed by atoms with Gasteiger partial charge in [-0.05, 0) is 55.7 Å². The quantitative estimate of drug-likeness (QED) is 0.401. The van der Waals surface area contributed by atoms with Crippen molar-refractivity contribution in [3.05, 3.63) is 89.5 Å². The number of aromatic hydroxyl groups is 1. The summed E-state index contributed by atoms with van der Waals surface area (Å²) < 4.78 is 5.23. The number of nitrogens with one attached hydrogen (secondary N) is 1. The van der Waals surface area contributed by atoms with Crippen molar-refractivity contribution in [2.45, 2.75) is 52.1 Å². The number of hydrazone groups is 1. The molecule has 188 valence electrons. The fourth-order valence-corrected chi connectivity index (χ4v) is 4.85. The molecule has 1 heterocycles. The van der Waals surface area contributed by atoms with E-state index < -0.39 is 5.54 Å². The lowest BCUT2D eigenvalue weighted by Crippen LogP contribution is -2.57. The van der Waals surface area contributed by atoms with E-state index in [9.17, 15) is 9.90 Å². The SMILES string of the molecule is CCCCC1C(c2ccc(C)cc2)=NN(c2ccccc2)C1(C)C(=O)NCc1ccc(O)c(OC)c1. The third kappa shape index (κ3) is 4.94. The predicted octanol–water partition coefficient (Wildman–Crippen LogP) is 5.82. The van der Waals surface area contributed by atoms with E-state index in [0.717, 1.165) is 41.8 Å². The zero-order valence-corrected chi connectivity index (χ0v) is 21.5. The summed E-state index contributed by atoms with van der Waals surface area (Å²) in [6.07, 6.45) is 2.88. The van der Waals surface area contributed by atoms with Gasteiger partial charge in [-0.2, -0.15) is 5.10 Å². The van der Waals surface area contributed by atoms with Crippen LogP contribution < -0.4 is 15.1 Å². The van der Waals surface area contributed by atoms with Gasteiger partial charge in [0.1, 0.15) is 5.54 Å². The second kappa shape index (κ2) is 10.9. The lowest BCUT2D eigenvalue weighted by molar-refractivity contribution is -0.127. The Morgan fingerprint density at radius 3 is 2.50 bits per heavy atom. The Hall–Kier alpha value is -3.80. The largest absolute Gasteiger partial charge is 0.504 e. The molecule has 0 saturated carbocycles. The van der Waals surface area contributed by atoms with Crippen molar-refractivity contribution in [2.75, 3.05) is 12.1 Å². The summed E-state index contributed by atoms with van der Waals surface area (Å²) in [5.74, 6) is 0.270. The molecule has 2 unspecified atom stereocenters. The Kier molecular flexibility index (Phi) is 7.63. The lowest BCUT2D eigenvalue weighted by Gasteiger charge is -2.37. The summed E-state index contributed by atoms with van der Waals surface area (Å²) >= 11 is 0. The van der Waals surface area contributed by atoms with Gasteiger partial charge in [0.15, 0.2) is 11.5 Å². The van der Waals surface area contributed by atoms with E-state index in [0.29, 0.717) is 12.3 Å². The van der Waals surface area contributed by atoms with Gasteiger partial charge in [-0.3, -0.25) is 4.79 Å². The lowest BCUT2D eigenvalue weighted by atomic mass is 9.76. The molecule has 6 nitrogen and oxygen atoms in total. The van der Waals surface area contributed by atoms with Gasteiger partial charge in [-0.25, -0.2) is 5.01 Å². The number of ether oxygens (including phenoxy) is 1. The first-order valence-corrected chi connectivity index (χ1v) is 12.5. The molecule has 2 atom stereocenters. The summed E-state index contributed by atoms with van der Waals surface area (Å²) in [7, 11) is 1.51. The third-order valence-corrected chi connectivity index (χ3v) is 7.01. The fourth-order valence-electron chi connectivity index (χ4n) is 4.85. The number of aryl methyl sites for hydroxylation is 1. The number of carbonyl (C=O) groups excluding carboxylic acids is 1. The van der Waals surface area contributed by atoms with Crippen LogP contribution in [0.5, 0.6) is 11.5 Å². The molecular formula is C30H35N3O3. The highest BCUT2D eigenvalue weighted by Gasteiger charge is 2.53. The van der Waals surface area contributed by atoms with Crippen LogP contribution >= 0.6 is 0 Å². The first kappa shape index (κ1) is 25.3. The molecule has 0 radical (unpaired) electrons. The molecule has 0 saturated heterocycles. The van der Waals surface area contributed by atoms with Crippen molar-refractivity contribution in [2.24, 2.45) is 11.0 Å². The number of hydrogen-bond donors (Lipinski definition) is 2. The number of benzene rings is 3.